The number of ether oxygens (including phenoxy) is 3. The maximum Gasteiger partial charge on any atom is 0.120 e. The van der Waals surface area contributed by atoms with E-state index in [9.17, 15) is 0 Å². The number of benzene rings is 1. The monoisotopic (exact) mass is 424 g/mol. The molecule has 0 unspecified atom stereocenters. The Kier molecular flexibility index (Phi) is 7.40. The molecule has 1 fully saturated rings. The molecule has 0 radical (unpaired) electrons. The number of nitrogens with zero attached hydrogens (tertiary/aromatic N) is 4. The van der Waals surface area contributed by atoms with E-state index in [1.54, 1.807) is 14.2 Å². The highest BCUT2D eigenvalue weighted by atomic mass is 16.5. The van der Waals surface area contributed by atoms with Crippen molar-refractivity contribution in [2.24, 2.45) is 0 Å². The Morgan fingerprint density at radius 2 is 1.65 bits per heavy atom. The van der Waals surface area contributed by atoms with Crippen LogP contribution in [-0.4, -0.2) is 74.7 Å². The quantitative estimate of drug-likeness (QED) is 0.467. The maximum atomic E-state index is 5.81. The van der Waals surface area contributed by atoms with Gasteiger partial charge in [0.2, 0.25) is 0 Å². The minimum absolute atomic E-state index is 0.557. The van der Waals surface area contributed by atoms with Gasteiger partial charge in [0.15, 0.2) is 0 Å². The molecule has 0 saturated carbocycles. The molecule has 166 valence electrons. The van der Waals surface area contributed by atoms with Crippen molar-refractivity contribution < 1.29 is 14.2 Å². The predicted octanol–water partition coefficient (Wildman–Crippen LogP) is 3.03. The molecular weight excluding hydrogens is 392 g/mol. The van der Waals surface area contributed by atoms with E-state index < -0.39 is 0 Å². The molecule has 7 nitrogen and oxygen atoms in total. The first-order valence-corrected chi connectivity index (χ1v) is 10.9. The van der Waals surface area contributed by atoms with Crippen molar-refractivity contribution in [2.75, 3.05) is 65.1 Å². The number of hydrogen-bond donors (Lipinski definition) is 0. The topological polar surface area (TPSA) is 52.0 Å². The third kappa shape index (κ3) is 5.36. The lowest BCUT2D eigenvalue weighted by atomic mass is 10.2. The number of hydrogen-bond acceptors (Lipinski definition) is 6. The highest BCUT2D eigenvalue weighted by Crippen LogP contribution is 2.26. The molecule has 3 heterocycles. The molecule has 0 bridgehead atoms. The minimum Gasteiger partial charge on any atom is -0.491 e. The lowest BCUT2D eigenvalue weighted by molar-refractivity contribution is 0.146. The van der Waals surface area contributed by atoms with E-state index in [4.69, 9.17) is 14.2 Å². The van der Waals surface area contributed by atoms with Crippen LogP contribution in [0.3, 0.4) is 0 Å². The summed E-state index contributed by atoms with van der Waals surface area (Å²) in [6.07, 6.45) is 3.73. The van der Waals surface area contributed by atoms with Gasteiger partial charge in [0.05, 0.1) is 13.2 Å². The fraction of sp³-hybridized carbons (Fsp3) is 0.458. The average molecular weight is 425 g/mol. The Morgan fingerprint density at radius 3 is 2.39 bits per heavy atom. The molecule has 0 aliphatic carbocycles. The third-order valence-corrected chi connectivity index (χ3v) is 5.82. The second-order valence-electron chi connectivity index (χ2n) is 7.81. The number of methoxy groups -OCH3 is 2. The van der Waals surface area contributed by atoms with Crippen LogP contribution < -0.4 is 9.64 Å². The largest absolute Gasteiger partial charge is 0.491 e. The molecule has 0 spiro atoms. The summed E-state index contributed by atoms with van der Waals surface area (Å²) in [4.78, 5) is 9.09. The van der Waals surface area contributed by atoms with Gasteiger partial charge in [0.25, 0.3) is 0 Å². The van der Waals surface area contributed by atoms with Crippen molar-refractivity contribution in [1.82, 2.24) is 14.5 Å². The zero-order chi connectivity index (χ0) is 21.5. The Hall–Kier alpha value is -2.61. The Morgan fingerprint density at radius 1 is 0.871 bits per heavy atom. The average Bonchev–Trinajstić information content (AvgIpc) is 3.15. The van der Waals surface area contributed by atoms with E-state index in [0.717, 1.165) is 45.0 Å². The fourth-order valence-corrected chi connectivity index (χ4v) is 4.16. The van der Waals surface area contributed by atoms with Gasteiger partial charge in [-0.1, -0.05) is 0 Å². The Bertz CT molecular complexity index is 952. The first kappa shape index (κ1) is 21.6. The van der Waals surface area contributed by atoms with Gasteiger partial charge in [-0.3, -0.25) is 9.88 Å². The van der Waals surface area contributed by atoms with Crippen molar-refractivity contribution >= 4 is 16.6 Å². The van der Waals surface area contributed by atoms with Gasteiger partial charge in [-0.05, 0) is 36.4 Å². The predicted molar refractivity (Wildman–Crippen MR) is 123 cm³/mol. The van der Waals surface area contributed by atoms with Gasteiger partial charge >= 0.3 is 0 Å². The van der Waals surface area contributed by atoms with Gasteiger partial charge in [0.1, 0.15) is 12.4 Å². The molecule has 3 aromatic rings. The van der Waals surface area contributed by atoms with E-state index in [0.29, 0.717) is 19.8 Å². The SMILES string of the molecule is COCCOc1ccc2c(c1)cc(CN1CCN(c3ccncc3)CC1)n2CCOC. The summed E-state index contributed by atoms with van der Waals surface area (Å²) >= 11 is 0. The second kappa shape index (κ2) is 10.6. The van der Waals surface area contributed by atoms with E-state index in [1.807, 2.05) is 18.5 Å². The summed E-state index contributed by atoms with van der Waals surface area (Å²) in [5.74, 6) is 0.881. The Balaban J connectivity index is 1.46. The molecule has 0 N–H and O–H groups in total. The first-order valence-electron chi connectivity index (χ1n) is 10.9. The smallest absolute Gasteiger partial charge is 0.120 e. The Labute approximate surface area is 184 Å². The van der Waals surface area contributed by atoms with Gasteiger partial charge in [0, 0.05) is 88.2 Å². The molecule has 0 atom stereocenters. The van der Waals surface area contributed by atoms with Crippen LogP contribution in [0.1, 0.15) is 5.69 Å². The summed E-state index contributed by atoms with van der Waals surface area (Å²) < 4.78 is 18.7. The number of rotatable bonds is 10. The van der Waals surface area contributed by atoms with Crippen LogP contribution in [0.25, 0.3) is 10.9 Å². The standard InChI is InChI=1S/C24H32N4O3/c1-29-14-13-28-22(17-20-18-23(3-4-24(20)28)31-16-15-30-2)19-26-9-11-27(12-10-26)21-5-7-25-8-6-21/h3-8,17-18H,9-16,19H2,1-2H3. The third-order valence-electron chi connectivity index (χ3n) is 5.82. The van der Waals surface area contributed by atoms with E-state index in [2.05, 4.69) is 49.7 Å². The van der Waals surface area contributed by atoms with Crippen molar-refractivity contribution in [3.05, 3.63) is 54.5 Å². The number of pyridine rings is 1. The molecule has 1 aliphatic rings. The molecule has 31 heavy (non-hydrogen) atoms. The summed E-state index contributed by atoms with van der Waals surface area (Å²) in [7, 11) is 3.44. The van der Waals surface area contributed by atoms with Crippen LogP contribution in [0.2, 0.25) is 0 Å². The van der Waals surface area contributed by atoms with Crippen molar-refractivity contribution in [3.63, 3.8) is 0 Å². The lowest BCUT2D eigenvalue weighted by Crippen LogP contribution is -2.46. The molecule has 1 aliphatic heterocycles. The highest BCUT2D eigenvalue weighted by molar-refractivity contribution is 5.83. The molecule has 1 saturated heterocycles. The number of fused-ring (bicyclic) bond motifs is 1. The maximum absolute atomic E-state index is 5.81. The number of aromatic nitrogens is 2. The van der Waals surface area contributed by atoms with E-state index in [-0.39, 0.29) is 0 Å². The van der Waals surface area contributed by atoms with Crippen molar-refractivity contribution in [2.45, 2.75) is 13.1 Å². The normalized spacial score (nSPS) is 15.0. The molecule has 2 aromatic heterocycles. The fourth-order valence-electron chi connectivity index (χ4n) is 4.16. The number of piperazine rings is 1. The van der Waals surface area contributed by atoms with Crippen LogP contribution in [0.15, 0.2) is 48.8 Å². The van der Waals surface area contributed by atoms with Crippen LogP contribution in [0.4, 0.5) is 5.69 Å². The van der Waals surface area contributed by atoms with Gasteiger partial charge in [-0.2, -0.15) is 0 Å². The summed E-state index contributed by atoms with van der Waals surface area (Å²) in [6.45, 7) is 7.75. The lowest BCUT2D eigenvalue weighted by Gasteiger charge is -2.36. The van der Waals surface area contributed by atoms with Crippen LogP contribution in [-0.2, 0) is 22.6 Å². The molecule has 4 rings (SSSR count). The van der Waals surface area contributed by atoms with E-state index in [1.165, 1.54) is 22.3 Å². The molecule has 7 heteroatoms. The summed E-state index contributed by atoms with van der Waals surface area (Å²) in [5.41, 5.74) is 3.80. The molecule has 1 aromatic carbocycles. The van der Waals surface area contributed by atoms with Crippen molar-refractivity contribution in [3.8, 4) is 5.75 Å². The minimum atomic E-state index is 0.557. The highest BCUT2D eigenvalue weighted by Gasteiger charge is 2.19. The van der Waals surface area contributed by atoms with Crippen LogP contribution in [0, 0.1) is 0 Å². The zero-order valence-electron chi connectivity index (χ0n) is 18.5. The van der Waals surface area contributed by atoms with E-state index >= 15 is 0 Å². The molecule has 0 amide bonds. The van der Waals surface area contributed by atoms with Gasteiger partial charge in [-0.15, -0.1) is 0 Å². The zero-order valence-corrected chi connectivity index (χ0v) is 18.5. The first-order chi connectivity index (χ1) is 15.3. The van der Waals surface area contributed by atoms with Gasteiger partial charge in [-0.25, -0.2) is 0 Å². The van der Waals surface area contributed by atoms with Crippen LogP contribution >= 0.6 is 0 Å². The summed E-state index contributed by atoms with van der Waals surface area (Å²) in [5, 5.41) is 1.21. The van der Waals surface area contributed by atoms with Gasteiger partial charge < -0.3 is 23.7 Å². The van der Waals surface area contributed by atoms with Crippen LogP contribution in [0.5, 0.6) is 5.75 Å². The van der Waals surface area contributed by atoms with Crippen molar-refractivity contribution in [1.29, 1.82) is 0 Å². The molecular formula is C24H32N4O3. The second-order valence-corrected chi connectivity index (χ2v) is 7.81. The summed E-state index contributed by atoms with van der Waals surface area (Å²) in [6, 6.07) is 12.8. The number of anilines is 1.